The molecule has 1 fully saturated rings. The van der Waals surface area contributed by atoms with Crippen molar-refractivity contribution >= 4 is 28.5 Å². The summed E-state index contributed by atoms with van der Waals surface area (Å²) in [4.78, 5) is 20.1. The van der Waals surface area contributed by atoms with Crippen molar-refractivity contribution in [2.45, 2.75) is 78.9 Å². The fourth-order valence-electron chi connectivity index (χ4n) is 6.31. The molecule has 40 heavy (non-hydrogen) atoms. The average molecular weight is 549 g/mol. The molecule has 0 radical (unpaired) electrons. The Bertz CT molecular complexity index is 1530. The van der Waals surface area contributed by atoms with Crippen LogP contribution in [0.1, 0.15) is 64.5 Å². The maximum Gasteiger partial charge on any atom is 0.229 e. The van der Waals surface area contributed by atoms with Crippen molar-refractivity contribution in [1.29, 1.82) is 0 Å². The second-order valence-electron chi connectivity index (χ2n) is 11.0. The van der Waals surface area contributed by atoms with E-state index in [4.69, 9.17) is 10.7 Å². The summed E-state index contributed by atoms with van der Waals surface area (Å²) in [6.07, 6.45) is 4.10. The zero-order valence-corrected chi connectivity index (χ0v) is 24.0. The maximum absolute atomic E-state index is 15.0. The van der Waals surface area contributed by atoms with Crippen molar-refractivity contribution < 1.29 is 8.78 Å². The molecule has 1 saturated heterocycles. The molecule has 0 bridgehead atoms. The molecule has 3 aromatic heterocycles. The van der Waals surface area contributed by atoms with Crippen molar-refractivity contribution in [2.24, 2.45) is 11.7 Å². The zero-order chi connectivity index (χ0) is 28.7. The number of aryl methyl sites for hydroxylation is 2. The first-order valence-electron chi connectivity index (χ1n) is 14.1. The molecule has 3 atom stereocenters. The molecule has 0 amide bonds. The number of hydrogen-bond donors (Lipinski definition) is 2. The molecule has 212 valence electrons. The smallest absolute Gasteiger partial charge is 0.229 e. The molecule has 3 N–H and O–H groups in total. The summed E-state index contributed by atoms with van der Waals surface area (Å²) < 4.78 is 31.9. The zero-order valence-electron chi connectivity index (χ0n) is 24.0. The van der Waals surface area contributed by atoms with Crippen molar-refractivity contribution in [3.05, 3.63) is 53.6 Å². The summed E-state index contributed by atoms with van der Waals surface area (Å²) in [5.74, 6) is 0.683. The number of pyridine rings is 1. The van der Waals surface area contributed by atoms with Crippen LogP contribution in [0, 0.1) is 31.4 Å². The van der Waals surface area contributed by atoms with Crippen LogP contribution in [-0.2, 0) is 0 Å². The minimum Gasteiger partial charge on any atom is -0.367 e. The van der Waals surface area contributed by atoms with Crippen LogP contribution in [0.15, 0.2) is 30.5 Å². The lowest BCUT2D eigenvalue weighted by Crippen LogP contribution is -2.54. The van der Waals surface area contributed by atoms with Gasteiger partial charge in [0.2, 0.25) is 5.95 Å². The molecule has 3 unspecified atom stereocenters. The Kier molecular flexibility index (Phi) is 7.72. The number of aromatic nitrogens is 5. The van der Waals surface area contributed by atoms with E-state index in [0.717, 1.165) is 43.4 Å². The Hall–Kier alpha value is -3.66. The number of halogens is 2. The highest BCUT2D eigenvalue weighted by Crippen LogP contribution is 2.34. The third kappa shape index (κ3) is 5.00. The number of piperidine rings is 1. The van der Waals surface area contributed by atoms with Gasteiger partial charge in [0.25, 0.3) is 0 Å². The summed E-state index contributed by atoms with van der Waals surface area (Å²) in [5.41, 5.74) is 9.58. The Balaban J connectivity index is 1.44. The van der Waals surface area contributed by atoms with Gasteiger partial charge in [0.15, 0.2) is 11.6 Å². The molecular formula is C30H38F2N8. The maximum atomic E-state index is 15.0. The summed E-state index contributed by atoms with van der Waals surface area (Å²) in [7, 11) is 0. The molecule has 0 spiro atoms. The highest BCUT2D eigenvalue weighted by atomic mass is 19.1. The molecule has 4 heterocycles. The van der Waals surface area contributed by atoms with Crippen molar-refractivity contribution in [3.8, 4) is 11.3 Å². The third-order valence-electron chi connectivity index (χ3n) is 8.10. The number of rotatable bonds is 7. The number of benzene rings is 1. The largest absolute Gasteiger partial charge is 0.367 e. The first kappa shape index (κ1) is 27.9. The number of hydrogen-bond acceptors (Lipinski definition) is 7. The minimum absolute atomic E-state index is 0.00171. The Morgan fingerprint density at radius 2 is 1.82 bits per heavy atom. The van der Waals surface area contributed by atoms with E-state index in [2.05, 4.69) is 45.1 Å². The van der Waals surface area contributed by atoms with Crippen molar-refractivity contribution in [1.82, 2.24) is 24.5 Å². The van der Waals surface area contributed by atoms with E-state index in [1.54, 1.807) is 6.07 Å². The predicted octanol–water partition coefficient (Wildman–Crippen LogP) is 6.45. The van der Waals surface area contributed by atoms with Gasteiger partial charge in [-0.3, -0.25) is 0 Å². The van der Waals surface area contributed by atoms with Crippen molar-refractivity contribution in [3.63, 3.8) is 0 Å². The van der Waals surface area contributed by atoms with E-state index in [-0.39, 0.29) is 29.2 Å². The SMILES string of the molecule is CCC1C(N)CCN(c2ccc(Nc3ncc(F)c(-c4cc(F)c5nc(C)n(C(C)C)c5c4)n3)nc2C)C1CC. The quantitative estimate of drug-likeness (QED) is 0.274. The number of nitrogens with zero attached hydrogens (tertiary/aromatic N) is 6. The van der Waals surface area contributed by atoms with E-state index in [9.17, 15) is 4.39 Å². The van der Waals surface area contributed by atoms with Crippen LogP contribution in [0.2, 0.25) is 0 Å². The average Bonchev–Trinajstić information content (AvgIpc) is 3.26. The van der Waals surface area contributed by atoms with Gasteiger partial charge in [0.1, 0.15) is 22.9 Å². The lowest BCUT2D eigenvalue weighted by molar-refractivity contribution is 0.266. The second kappa shape index (κ2) is 11.1. The van der Waals surface area contributed by atoms with Gasteiger partial charge in [-0.1, -0.05) is 13.8 Å². The highest BCUT2D eigenvalue weighted by Gasteiger charge is 2.35. The predicted molar refractivity (Wildman–Crippen MR) is 156 cm³/mol. The van der Waals surface area contributed by atoms with E-state index < -0.39 is 11.6 Å². The molecule has 1 aliphatic rings. The van der Waals surface area contributed by atoms with Crippen LogP contribution >= 0.6 is 0 Å². The third-order valence-corrected chi connectivity index (χ3v) is 8.10. The van der Waals surface area contributed by atoms with Crippen LogP contribution < -0.4 is 16.0 Å². The molecule has 1 aliphatic heterocycles. The molecule has 1 aromatic carbocycles. The number of nitrogens with one attached hydrogen (secondary N) is 1. The molecular weight excluding hydrogens is 510 g/mol. The number of fused-ring (bicyclic) bond motifs is 1. The minimum atomic E-state index is -0.643. The molecule has 0 aliphatic carbocycles. The highest BCUT2D eigenvalue weighted by molar-refractivity contribution is 5.83. The Morgan fingerprint density at radius 3 is 2.50 bits per heavy atom. The van der Waals surface area contributed by atoms with Crippen LogP contribution in [-0.4, -0.2) is 43.1 Å². The van der Waals surface area contributed by atoms with Crippen molar-refractivity contribution in [2.75, 3.05) is 16.8 Å². The van der Waals surface area contributed by atoms with E-state index in [1.165, 1.54) is 6.07 Å². The Labute approximate surface area is 234 Å². The van der Waals surface area contributed by atoms with Gasteiger partial charge >= 0.3 is 0 Å². The van der Waals surface area contributed by atoms with E-state index in [0.29, 0.717) is 34.7 Å². The van der Waals surface area contributed by atoms with Gasteiger partial charge in [0, 0.05) is 30.2 Å². The number of imidazole rings is 1. The van der Waals surface area contributed by atoms with Gasteiger partial charge in [-0.2, -0.15) is 0 Å². The molecule has 10 heteroatoms. The van der Waals surface area contributed by atoms with Gasteiger partial charge in [-0.25, -0.2) is 28.7 Å². The fraction of sp³-hybridized carbons (Fsp3) is 0.467. The Morgan fingerprint density at radius 1 is 1.05 bits per heavy atom. The molecule has 0 saturated carbocycles. The van der Waals surface area contributed by atoms with Crippen LogP contribution in [0.25, 0.3) is 22.3 Å². The standard InChI is InChI=1S/C30H38F2N8/c1-7-20-23(33)11-12-39(24(20)8-2)25-9-10-27(35-17(25)5)37-30-34-15-22(32)28(38-30)19-13-21(31)29-26(14-19)40(16(3)4)18(6)36-29/h9-10,13-16,20,23-24H,7-8,11-12,33H2,1-6H3,(H,34,35,37,38). The lowest BCUT2D eigenvalue weighted by atomic mass is 9.81. The van der Waals surface area contributed by atoms with Gasteiger partial charge in [-0.15, -0.1) is 0 Å². The summed E-state index contributed by atoms with van der Waals surface area (Å²) in [6, 6.07) is 7.57. The van der Waals surface area contributed by atoms with Crippen LogP contribution in [0.4, 0.5) is 26.2 Å². The molecule has 5 rings (SSSR count). The number of anilines is 3. The summed E-state index contributed by atoms with van der Waals surface area (Å²) in [6.45, 7) is 13.1. The monoisotopic (exact) mass is 548 g/mol. The first-order chi connectivity index (χ1) is 19.1. The summed E-state index contributed by atoms with van der Waals surface area (Å²) >= 11 is 0. The molecule has 8 nitrogen and oxygen atoms in total. The second-order valence-corrected chi connectivity index (χ2v) is 11.0. The van der Waals surface area contributed by atoms with E-state index in [1.807, 2.05) is 38.3 Å². The van der Waals surface area contributed by atoms with Crippen LogP contribution in [0.5, 0.6) is 0 Å². The fourth-order valence-corrected chi connectivity index (χ4v) is 6.31. The normalized spacial score (nSPS) is 19.6. The lowest BCUT2D eigenvalue weighted by Gasteiger charge is -2.45. The van der Waals surface area contributed by atoms with Gasteiger partial charge in [-0.05, 0) is 77.1 Å². The van der Waals surface area contributed by atoms with E-state index >= 15 is 4.39 Å². The van der Waals surface area contributed by atoms with Gasteiger partial charge in [0.05, 0.1) is 23.1 Å². The topological polar surface area (TPSA) is 97.8 Å². The van der Waals surface area contributed by atoms with Gasteiger partial charge < -0.3 is 20.5 Å². The first-order valence-corrected chi connectivity index (χ1v) is 14.1. The van der Waals surface area contributed by atoms with Crippen LogP contribution in [0.3, 0.4) is 0 Å². The number of nitrogens with two attached hydrogens (primary N) is 1. The molecule has 4 aromatic rings. The summed E-state index contributed by atoms with van der Waals surface area (Å²) in [5, 5.41) is 3.10.